The molecule has 0 radical (unpaired) electrons. The Morgan fingerprint density at radius 2 is 2.12 bits per heavy atom. The maximum atomic E-state index is 14.1. The number of aromatic nitrogens is 1. The normalized spacial score (nSPS) is 15.6. The van der Waals surface area contributed by atoms with Crippen LogP contribution in [0.1, 0.15) is 53.6 Å². The first-order chi connectivity index (χ1) is 11.8. The molecule has 0 fully saturated rings. The average Bonchev–Trinajstić information content (AvgIpc) is 2.93. The topological polar surface area (TPSA) is 71.2 Å². The Labute approximate surface area is 145 Å². The number of hydrogen-bond acceptors (Lipinski definition) is 3. The number of halogens is 1. The first-order valence-corrected chi connectivity index (χ1v) is 8.28. The average molecular weight is 344 g/mol. The predicted molar refractivity (Wildman–Crippen MR) is 92.7 cm³/mol. The summed E-state index contributed by atoms with van der Waals surface area (Å²) in [5, 5.41) is 2.53. The molecule has 0 atom stereocenters. The number of aromatic amines is 1. The number of rotatable bonds is 4. The maximum Gasteiger partial charge on any atom is 0.258 e. The molecule has 1 aromatic heterocycles. The van der Waals surface area contributed by atoms with E-state index in [1.807, 2.05) is 13.8 Å². The zero-order valence-corrected chi connectivity index (χ0v) is 14.5. The van der Waals surface area contributed by atoms with E-state index in [0.717, 1.165) is 5.69 Å². The van der Waals surface area contributed by atoms with Crippen molar-refractivity contribution in [3.05, 3.63) is 47.0 Å². The highest BCUT2D eigenvalue weighted by Gasteiger charge is 2.35. The lowest BCUT2D eigenvalue weighted by Crippen LogP contribution is -2.28. The van der Waals surface area contributed by atoms with Crippen molar-refractivity contribution >= 4 is 17.4 Å². The summed E-state index contributed by atoms with van der Waals surface area (Å²) in [6.45, 7) is 6.27. The van der Waals surface area contributed by atoms with Gasteiger partial charge in [-0.2, -0.15) is 0 Å². The van der Waals surface area contributed by atoms with E-state index in [1.54, 1.807) is 13.0 Å². The van der Waals surface area contributed by atoms with Crippen molar-refractivity contribution in [2.75, 3.05) is 11.9 Å². The highest BCUT2D eigenvalue weighted by Crippen LogP contribution is 2.36. The third-order valence-corrected chi connectivity index (χ3v) is 4.28. The molecule has 0 spiro atoms. The van der Waals surface area contributed by atoms with E-state index >= 15 is 0 Å². The summed E-state index contributed by atoms with van der Waals surface area (Å²) in [6, 6.07) is 4.25. The van der Waals surface area contributed by atoms with Gasteiger partial charge in [0.25, 0.3) is 5.91 Å². The van der Waals surface area contributed by atoms with E-state index in [9.17, 15) is 14.0 Å². The molecule has 1 aliphatic rings. The number of fused-ring (bicyclic) bond motifs is 1. The summed E-state index contributed by atoms with van der Waals surface area (Å²) in [4.78, 5) is 28.0. The van der Waals surface area contributed by atoms with Crippen molar-refractivity contribution < 1.29 is 18.7 Å². The predicted octanol–water partition coefficient (Wildman–Crippen LogP) is 3.96. The van der Waals surface area contributed by atoms with Crippen molar-refractivity contribution in [3.8, 4) is 5.75 Å². The number of nitrogens with one attached hydrogen (secondary N) is 2. The van der Waals surface area contributed by atoms with Crippen molar-refractivity contribution in [1.82, 2.24) is 4.98 Å². The fraction of sp³-hybridized carbons (Fsp3) is 0.368. The number of carbonyl (C=O) groups excluding carboxylic acids is 2. The molecule has 1 aliphatic carbocycles. The van der Waals surface area contributed by atoms with Crippen LogP contribution in [0.3, 0.4) is 0 Å². The fourth-order valence-corrected chi connectivity index (χ4v) is 3.21. The third-order valence-electron chi connectivity index (χ3n) is 4.28. The molecule has 3 rings (SSSR count). The molecule has 1 aromatic carbocycles. The van der Waals surface area contributed by atoms with Gasteiger partial charge < -0.3 is 15.0 Å². The zero-order valence-electron chi connectivity index (χ0n) is 14.5. The summed E-state index contributed by atoms with van der Waals surface area (Å²) in [5.74, 6) is -0.760. The minimum atomic E-state index is -0.587. The number of hydrogen-bond donors (Lipinski definition) is 2. The van der Waals surface area contributed by atoms with Gasteiger partial charge in [0.05, 0.1) is 23.4 Å². The van der Waals surface area contributed by atoms with E-state index in [0.29, 0.717) is 30.8 Å². The number of carbonyl (C=O) groups is 2. The van der Waals surface area contributed by atoms with E-state index in [1.165, 1.54) is 18.3 Å². The zero-order chi connectivity index (χ0) is 18.2. The smallest absolute Gasteiger partial charge is 0.258 e. The Morgan fingerprint density at radius 1 is 1.36 bits per heavy atom. The van der Waals surface area contributed by atoms with Crippen LogP contribution in [0.2, 0.25) is 0 Å². The first kappa shape index (κ1) is 17.2. The maximum absolute atomic E-state index is 14.1. The third kappa shape index (κ3) is 3.43. The molecular formula is C19H21FN2O3. The van der Waals surface area contributed by atoms with Gasteiger partial charge in [-0.05, 0) is 30.9 Å². The Bertz CT molecular complexity index is 839. The Kier molecular flexibility index (Phi) is 4.37. The highest BCUT2D eigenvalue weighted by molar-refractivity contribution is 6.13. The molecule has 0 bridgehead atoms. The molecule has 0 aliphatic heterocycles. The van der Waals surface area contributed by atoms with Crippen LogP contribution >= 0.6 is 0 Å². The highest BCUT2D eigenvalue weighted by atomic mass is 19.1. The van der Waals surface area contributed by atoms with Crippen LogP contribution in [0.5, 0.6) is 5.75 Å². The van der Waals surface area contributed by atoms with Crippen molar-refractivity contribution in [2.45, 2.75) is 33.6 Å². The molecule has 2 aromatic rings. The molecule has 0 saturated carbocycles. The standard InChI is InChI=1S/C19H21FN2O3/c1-4-25-11-5-6-14(13(20)7-11)22-18(24)12-10-21-15-8-19(2,3)9-16(23)17(12)15/h5-7,10,21H,4,8-9H2,1-3H3,(H,22,24). The molecular weight excluding hydrogens is 323 g/mol. The number of H-pyrrole nitrogens is 1. The lowest BCUT2D eigenvalue weighted by Gasteiger charge is -2.28. The number of benzene rings is 1. The molecule has 0 unspecified atom stereocenters. The van der Waals surface area contributed by atoms with Gasteiger partial charge in [0.2, 0.25) is 0 Å². The fourth-order valence-electron chi connectivity index (χ4n) is 3.21. The van der Waals surface area contributed by atoms with Crippen LogP contribution in [0, 0.1) is 11.2 Å². The summed E-state index contributed by atoms with van der Waals surface area (Å²) in [5.41, 5.74) is 1.35. The number of Topliss-reactive ketones (excluding diaryl/α,β-unsaturated/α-hetero) is 1. The lowest BCUT2D eigenvalue weighted by molar-refractivity contribution is 0.0902. The van der Waals surface area contributed by atoms with Crippen molar-refractivity contribution in [2.24, 2.45) is 5.41 Å². The summed E-state index contributed by atoms with van der Waals surface area (Å²) in [6.07, 6.45) is 2.60. The van der Waals surface area contributed by atoms with E-state index in [4.69, 9.17) is 4.74 Å². The van der Waals surface area contributed by atoms with Gasteiger partial charge in [0.1, 0.15) is 11.6 Å². The van der Waals surface area contributed by atoms with Gasteiger partial charge in [-0.15, -0.1) is 0 Å². The molecule has 1 amide bonds. The summed E-state index contributed by atoms with van der Waals surface area (Å²) < 4.78 is 19.3. The van der Waals surface area contributed by atoms with Gasteiger partial charge >= 0.3 is 0 Å². The number of amides is 1. The van der Waals surface area contributed by atoms with Gasteiger partial charge in [-0.1, -0.05) is 13.8 Å². The number of anilines is 1. The van der Waals surface area contributed by atoms with Crippen LogP contribution in [0.25, 0.3) is 0 Å². The Morgan fingerprint density at radius 3 is 2.80 bits per heavy atom. The van der Waals surface area contributed by atoms with Gasteiger partial charge in [0, 0.05) is 24.4 Å². The SMILES string of the molecule is CCOc1ccc(NC(=O)c2c[nH]c3c2C(=O)CC(C)(C)C3)c(F)c1. The summed E-state index contributed by atoms with van der Waals surface area (Å²) >= 11 is 0. The van der Waals surface area contributed by atoms with E-state index in [-0.39, 0.29) is 22.4 Å². The van der Waals surface area contributed by atoms with E-state index < -0.39 is 11.7 Å². The van der Waals surface area contributed by atoms with Gasteiger partial charge in [0.15, 0.2) is 5.78 Å². The van der Waals surface area contributed by atoms with Crippen molar-refractivity contribution in [1.29, 1.82) is 0 Å². The van der Waals surface area contributed by atoms with Crippen LogP contribution in [0.15, 0.2) is 24.4 Å². The molecule has 6 heteroatoms. The van der Waals surface area contributed by atoms with Crippen molar-refractivity contribution in [3.63, 3.8) is 0 Å². The van der Waals surface area contributed by atoms with Gasteiger partial charge in [-0.3, -0.25) is 9.59 Å². The second-order valence-corrected chi connectivity index (χ2v) is 7.03. The first-order valence-electron chi connectivity index (χ1n) is 8.28. The largest absolute Gasteiger partial charge is 0.494 e. The van der Waals surface area contributed by atoms with E-state index in [2.05, 4.69) is 10.3 Å². The Balaban J connectivity index is 1.84. The quantitative estimate of drug-likeness (QED) is 0.882. The Hall–Kier alpha value is -2.63. The second kappa shape index (κ2) is 6.35. The van der Waals surface area contributed by atoms with Crippen LogP contribution in [-0.4, -0.2) is 23.3 Å². The second-order valence-electron chi connectivity index (χ2n) is 7.03. The van der Waals surface area contributed by atoms with Crippen LogP contribution in [-0.2, 0) is 6.42 Å². The molecule has 0 saturated heterocycles. The summed E-state index contributed by atoms with van der Waals surface area (Å²) in [7, 11) is 0. The molecule has 5 nitrogen and oxygen atoms in total. The lowest BCUT2D eigenvalue weighted by atomic mass is 9.75. The molecule has 1 heterocycles. The minimum absolute atomic E-state index is 0.0481. The number of ketones is 1. The van der Waals surface area contributed by atoms with Crippen LogP contribution in [0.4, 0.5) is 10.1 Å². The monoisotopic (exact) mass is 344 g/mol. The van der Waals surface area contributed by atoms with Crippen LogP contribution < -0.4 is 10.1 Å². The molecule has 25 heavy (non-hydrogen) atoms. The molecule has 2 N–H and O–H groups in total. The minimum Gasteiger partial charge on any atom is -0.494 e. The van der Waals surface area contributed by atoms with Gasteiger partial charge in [-0.25, -0.2) is 4.39 Å². The molecule has 132 valence electrons. The number of ether oxygens (including phenoxy) is 1.